The Morgan fingerprint density at radius 3 is 3.07 bits per heavy atom. The number of thiazole rings is 1. The summed E-state index contributed by atoms with van der Waals surface area (Å²) in [4.78, 5) is 0. The largest absolute Gasteiger partial charge is 0.617 e. The molecule has 0 bridgehead atoms. The van der Waals surface area contributed by atoms with Crippen LogP contribution in [0.2, 0.25) is 0 Å². The van der Waals surface area contributed by atoms with Gasteiger partial charge in [-0.2, -0.15) is 9.99 Å². The molecule has 4 nitrogen and oxygen atoms in total. The lowest BCUT2D eigenvalue weighted by Gasteiger charge is -1.97. The summed E-state index contributed by atoms with van der Waals surface area (Å²) < 4.78 is 6.71. The molecule has 5 heteroatoms. The molecule has 0 N–H and O–H groups in total. The number of benzene rings is 1. The summed E-state index contributed by atoms with van der Waals surface area (Å²) in [5.74, 6) is 0.716. The molecule has 0 saturated carbocycles. The number of nitriles is 1. The number of aromatic nitrogens is 1. The van der Waals surface area contributed by atoms with E-state index in [0.29, 0.717) is 16.3 Å². The van der Waals surface area contributed by atoms with E-state index in [2.05, 4.69) is 0 Å². The molecule has 0 aliphatic heterocycles. The Balaban J connectivity index is 2.61. The van der Waals surface area contributed by atoms with E-state index in [1.807, 2.05) is 6.07 Å². The molecule has 2 aromatic rings. The van der Waals surface area contributed by atoms with Gasteiger partial charge in [0, 0.05) is 12.1 Å². The normalized spacial score (nSPS) is 10.1. The van der Waals surface area contributed by atoms with Crippen molar-refractivity contribution in [3.8, 4) is 11.8 Å². The highest BCUT2D eigenvalue weighted by Crippen LogP contribution is 2.24. The minimum Gasteiger partial charge on any atom is -0.617 e. The second-order valence-electron chi connectivity index (χ2n) is 2.96. The highest BCUT2D eigenvalue weighted by Gasteiger charge is 2.15. The Bertz CT molecular complexity index is 542. The second-order valence-corrected chi connectivity index (χ2v) is 4.07. The van der Waals surface area contributed by atoms with Crippen molar-refractivity contribution in [1.29, 1.82) is 5.26 Å². The van der Waals surface area contributed by atoms with Crippen LogP contribution in [0.3, 0.4) is 0 Å². The van der Waals surface area contributed by atoms with Gasteiger partial charge in [0.2, 0.25) is 5.52 Å². The third kappa shape index (κ3) is 1.60. The highest BCUT2D eigenvalue weighted by molar-refractivity contribution is 7.18. The average Bonchev–Trinajstić information content (AvgIpc) is 2.56. The predicted molar refractivity (Wildman–Crippen MR) is 56.7 cm³/mol. The molecule has 0 aliphatic carbocycles. The first-order valence-electron chi connectivity index (χ1n) is 4.32. The molecule has 1 aromatic carbocycles. The van der Waals surface area contributed by atoms with Gasteiger partial charge >= 0.3 is 0 Å². The van der Waals surface area contributed by atoms with Crippen molar-refractivity contribution >= 4 is 21.6 Å². The third-order valence-electron chi connectivity index (χ3n) is 2.07. The number of hydrogen-bond donors (Lipinski definition) is 0. The van der Waals surface area contributed by atoms with Crippen LogP contribution in [0.15, 0.2) is 18.2 Å². The summed E-state index contributed by atoms with van der Waals surface area (Å²) >= 11 is 1.33. The number of methoxy groups -OCH3 is 1. The molecule has 1 heterocycles. The fourth-order valence-electron chi connectivity index (χ4n) is 1.35. The summed E-state index contributed by atoms with van der Waals surface area (Å²) in [5, 5.41) is 20.7. The van der Waals surface area contributed by atoms with Crippen molar-refractivity contribution in [2.75, 3.05) is 7.11 Å². The molecule has 0 radical (unpaired) electrons. The van der Waals surface area contributed by atoms with E-state index in [4.69, 9.17) is 10.00 Å². The van der Waals surface area contributed by atoms with Crippen molar-refractivity contribution in [3.63, 3.8) is 0 Å². The first kappa shape index (κ1) is 9.74. The molecule has 2 rings (SSSR count). The van der Waals surface area contributed by atoms with Crippen LogP contribution < -0.4 is 9.47 Å². The molecular weight excluding hydrogens is 212 g/mol. The molecule has 0 unspecified atom stereocenters. The average molecular weight is 220 g/mol. The number of ether oxygens (including phenoxy) is 1. The van der Waals surface area contributed by atoms with Gasteiger partial charge in [-0.25, -0.2) is 0 Å². The lowest BCUT2D eigenvalue weighted by Crippen LogP contribution is -2.28. The van der Waals surface area contributed by atoms with E-state index in [0.717, 1.165) is 9.43 Å². The Morgan fingerprint density at radius 2 is 2.40 bits per heavy atom. The zero-order chi connectivity index (χ0) is 10.8. The van der Waals surface area contributed by atoms with E-state index in [9.17, 15) is 5.21 Å². The second kappa shape index (κ2) is 3.75. The molecule has 0 aliphatic rings. The van der Waals surface area contributed by atoms with E-state index in [1.54, 1.807) is 25.3 Å². The molecule has 0 amide bonds. The van der Waals surface area contributed by atoms with Gasteiger partial charge in [0.1, 0.15) is 16.9 Å². The lowest BCUT2D eigenvalue weighted by atomic mass is 10.3. The maximum absolute atomic E-state index is 11.7. The topological polar surface area (TPSA) is 60.0 Å². The summed E-state index contributed by atoms with van der Waals surface area (Å²) in [6.45, 7) is 0. The Labute approximate surface area is 90.5 Å². The van der Waals surface area contributed by atoms with Gasteiger partial charge in [-0.15, -0.1) is 0 Å². The molecule has 0 spiro atoms. The molecule has 1 aromatic heterocycles. The van der Waals surface area contributed by atoms with Crippen molar-refractivity contribution in [3.05, 3.63) is 28.4 Å². The van der Waals surface area contributed by atoms with Crippen LogP contribution in [0, 0.1) is 16.5 Å². The van der Waals surface area contributed by atoms with Crippen LogP contribution in [-0.4, -0.2) is 7.11 Å². The van der Waals surface area contributed by atoms with E-state index in [-0.39, 0.29) is 6.42 Å². The maximum atomic E-state index is 11.7. The number of hydrogen-bond acceptors (Lipinski definition) is 4. The maximum Gasteiger partial charge on any atom is 0.263 e. The zero-order valence-electron chi connectivity index (χ0n) is 8.06. The van der Waals surface area contributed by atoms with Crippen molar-refractivity contribution in [2.45, 2.75) is 6.42 Å². The minimum absolute atomic E-state index is 0.144. The zero-order valence-corrected chi connectivity index (χ0v) is 8.87. The van der Waals surface area contributed by atoms with Crippen LogP contribution in [0.1, 0.15) is 5.01 Å². The minimum atomic E-state index is 0.144. The van der Waals surface area contributed by atoms with Gasteiger partial charge in [0.05, 0.1) is 13.2 Å². The van der Waals surface area contributed by atoms with Gasteiger partial charge in [-0.05, 0) is 6.07 Å². The highest BCUT2D eigenvalue weighted by atomic mass is 32.1. The van der Waals surface area contributed by atoms with Crippen LogP contribution >= 0.6 is 11.3 Å². The summed E-state index contributed by atoms with van der Waals surface area (Å²) in [6.07, 6.45) is 0.144. The standard InChI is InChI=1S/C10H8N2O2S/c1-14-7-2-3-8-9(6-7)15-10(4-5-11)12(8)13/h2-3,6H,4H2,1H3. The van der Waals surface area contributed by atoms with Gasteiger partial charge in [0.15, 0.2) is 0 Å². The molecule has 76 valence electrons. The fourth-order valence-corrected chi connectivity index (χ4v) is 2.35. The van der Waals surface area contributed by atoms with Crippen LogP contribution in [-0.2, 0) is 6.42 Å². The Morgan fingerprint density at radius 1 is 1.60 bits per heavy atom. The number of fused-ring (bicyclic) bond motifs is 1. The molecular formula is C10H8N2O2S. The van der Waals surface area contributed by atoms with E-state index < -0.39 is 0 Å². The van der Waals surface area contributed by atoms with Gasteiger partial charge in [-0.1, -0.05) is 11.3 Å². The number of nitrogens with zero attached hydrogens (tertiary/aromatic N) is 2. The quantitative estimate of drug-likeness (QED) is 0.570. The van der Waals surface area contributed by atoms with Crippen molar-refractivity contribution in [2.24, 2.45) is 0 Å². The van der Waals surface area contributed by atoms with Crippen molar-refractivity contribution < 1.29 is 9.47 Å². The first-order valence-corrected chi connectivity index (χ1v) is 5.14. The molecule has 0 fully saturated rings. The SMILES string of the molecule is COc1ccc2c(c1)sc(CC#N)[n+]2[O-]. The monoisotopic (exact) mass is 220 g/mol. The lowest BCUT2D eigenvalue weighted by molar-refractivity contribution is -0.579. The van der Waals surface area contributed by atoms with Crippen LogP contribution in [0.25, 0.3) is 10.2 Å². The summed E-state index contributed by atoms with van der Waals surface area (Å²) in [7, 11) is 1.58. The Hall–Kier alpha value is -1.80. The predicted octanol–water partition coefficient (Wildman–Crippen LogP) is 1.61. The molecule has 15 heavy (non-hydrogen) atoms. The molecule has 0 saturated heterocycles. The third-order valence-corrected chi connectivity index (χ3v) is 3.16. The number of rotatable bonds is 2. The van der Waals surface area contributed by atoms with Gasteiger partial charge < -0.3 is 9.94 Å². The molecule has 0 atom stereocenters. The first-order chi connectivity index (χ1) is 7.26. The Kier molecular flexibility index (Phi) is 2.44. The van der Waals surface area contributed by atoms with Gasteiger partial charge in [0.25, 0.3) is 5.01 Å². The van der Waals surface area contributed by atoms with E-state index >= 15 is 0 Å². The summed E-state index contributed by atoms with van der Waals surface area (Å²) in [5.41, 5.74) is 0.589. The smallest absolute Gasteiger partial charge is 0.263 e. The van der Waals surface area contributed by atoms with Crippen LogP contribution in [0.5, 0.6) is 5.75 Å². The van der Waals surface area contributed by atoms with Crippen LogP contribution in [0.4, 0.5) is 0 Å². The fraction of sp³-hybridized carbons (Fsp3) is 0.200. The van der Waals surface area contributed by atoms with E-state index in [1.165, 1.54) is 11.3 Å². The van der Waals surface area contributed by atoms with Gasteiger partial charge in [-0.3, -0.25) is 0 Å². The summed E-state index contributed by atoms with van der Waals surface area (Å²) in [6, 6.07) is 7.22. The van der Waals surface area contributed by atoms with Crippen molar-refractivity contribution in [1.82, 2.24) is 0 Å².